The SMILES string of the molecule is CC(C)(C)c1ncc(NC(=O)NCC(=O)NC2CCCCC2)cn1. The van der Waals surface area contributed by atoms with Crippen molar-refractivity contribution in [1.82, 2.24) is 20.6 Å². The fraction of sp³-hybridized carbons (Fsp3) is 0.647. The van der Waals surface area contributed by atoms with Crippen LogP contribution < -0.4 is 16.0 Å². The largest absolute Gasteiger partial charge is 0.352 e. The van der Waals surface area contributed by atoms with Gasteiger partial charge in [-0.15, -0.1) is 0 Å². The number of nitrogens with zero attached hydrogens (tertiary/aromatic N) is 2. The van der Waals surface area contributed by atoms with Crippen LogP contribution in [-0.2, 0) is 10.2 Å². The van der Waals surface area contributed by atoms with E-state index in [1.165, 1.54) is 6.42 Å². The van der Waals surface area contributed by atoms with E-state index in [2.05, 4.69) is 25.9 Å². The minimum absolute atomic E-state index is 0.0384. The van der Waals surface area contributed by atoms with Crippen LogP contribution in [0.25, 0.3) is 0 Å². The second kappa shape index (κ2) is 8.08. The molecule has 0 aliphatic heterocycles. The maximum atomic E-state index is 11.8. The lowest BCUT2D eigenvalue weighted by Gasteiger charge is -2.22. The van der Waals surface area contributed by atoms with E-state index in [0.717, 1.165) is 25.7 Å². The monoisotopic (exact) mass is 333 g/mol. The lowest BCUT2D eigenvalue weighted by Crippen LogP contribution is -2.43. The van der Waals surface area contributed by atoms with Crippen molar-refractivity contribution in [3.63, 3.8) is 0 Å². The van der Waals surface area contributed by atoms with Gasteiger partial charge < -0.3 is 16.0 Å². The quantitative estimate of drug-likeness (QED) is 0.788. The van der Waals surface area contributed by atoms with Crippen molar-refractivity contribution in [2.45, 2.75) is 64.3 Å². The summed E-state index contributed by atoms with van der Waals surface area (Å²) in [4.78, 5) is 32.2. The third kappa shape index (κ3) is 5.79. The molecular weight excluding hydrogens is 306 g/mol. The van der Waals surface area contributed by atoms with Crippen LogP contribution in [0.2, 0.25) is 0 Å². The highest BCUT2D eigenvalue weighted by Crippen LogP contribution is 2.18. The summed E-state index contributed by atoms with van der Waals surface area (Å²) in [5, 5.41) is 8.13. The lowest BCUT2D eigenvalue weighted by molar-refractivity contribution is -0.120. The van der Waals surface area contributed by atoms with E-state index in [0.29, 0.717) is 11.5 Å². The van der Waals surface area contributed by atoms with Gasteiger partial charge in [0.2, 0.25) is 5.91 Å². The smallest absolute Gasteiger partial charge is 0.319 e. The van der Waals surface area contributed by atoms with Gasteiger partial charge >= 0.3 is 6.03 Å². The minimum atomic E-state index is -0.444. The summed E-state index contributed by atoms with van der Waals surface area (Å²) in [5.41, 5.74) is 0.353. The van der Waals surface area contributed by atoms with E-state index in [-0.39, 0.29) is 23.9 Å². The van der Waals surface area contributed by atoms with Crippen LogP contribution in [0.15, 0.2) is 12.4 Å². The van der Waals surface area contributed by atoms with E-state index in [1.807, 2.05) is 20.8 Å². The van der Waals surface area contributed by atoms with Crippen LogP contribution in [0.3, 0.4) is 0 Å². The second-order valence-corrected chi connectivity index (χ2v) is 7.26. The molecule has 0 unspecified atom stereocenters. The van der Waals surface area contributed by atoms with Crippen LogP contribution in [0, 0.1) is 0 Å². The van der Waals surface area contributed by atoms with E-state index < -0.39 is 6.03 Å². The highest BCUT2D eigenvalue weighted by molar-refractivity contribution is 5.92. The van der Waals surface area contributed by atoms with Crippen LogP contribution >= 0.6 is 0 Å². The van der Waals surface area contributed by atoms with Gasteiger partial charge in [-0.05, 0) is 12.8 Å². The van der Waals surface area contributed by atoms with Gasteiger partial charge in [-0.1, -0.05) is 40.0 Å². The van der Waals surface area contributed by atoms with Gasteiger partial charge in [0, 0.05) is 11.5 Å². The molecule has 1 aromatic rings. The van der Waals surface area contributed by atoms with Gasteiger partial charge in [-0.25, -0.2) is 14.8 Å². The van der Waals surface area contributed by atoms with Crippen molar-refractivity contribution >= 4 is 17.6 Å². The fourth-order valence-corrected chi connectivity index (χ4v) is 2.64. The molecule has 0 aromatic carbocycles. The number of carbonyl (C=O) groups is 2. The number of rotatable bonds is 4. The van der Waals surface area contributed by atoms with Crippen molar-refractivity contribution < 1.29 is 9.59 Å². The van der Waals surface area contributed by atoms with E-state index in [9.17, 15) is 9.59 Å². The summed E-state index contributed by atoms with van der Waals surface area (Å²) in [7, 11) is 0. The van der Waals surface area contributed by atoms with Crippen molar-refractivity contribution in [3.8, 4) is 0 Å². The number of anilines is 1. The second-order valence-electron chi connectivity index (χ2n) is 7.26. The molecule has 3 amide bonds. The molecule has 3 N–H and O–H groups in total. The highest BCUT2D eigenvalue weighted by atomic mass is 16.2. The topological polar surface area (TPSA) is 96.0 Å². The predicted molar refractivity (Wildman–Crippen MR) is 92.8 cm³/mol. The van der Waals surface area contributed by atoms with Crippen LogP contribution in [0.1, 0.15) is 58.7 Å². The predicted octanol–water partition coefficient (Wildman–Crippen LogP) is 2.34. The van der Waals surface area contributed by atoms with Gasteiger partial charge in [0.1, 0.15) is 5.82 Å². The van der Waals surface area contributed by atoms with Crippen molar-refractivity contribution in [2.75, 3.05) is 11.9 Å². The van der Waals surface area contributed by atoms with Gasteiger partial charge in [0.05, 0.1) is 24.6 Å². The van der Waals surface area contributed by atoms with Gasteiger partial charge in [0.15, 0.2) is 0 Å². The molecule has 132 valence electrons. The van der Waals surface area contributed by atoms with E-state index in [4.69, 9.17) is 0 Å². The number of amides is 3. The standard InChI is InChI=1S/C17H27N5O2/c1-17(2,3)15-18-9-13(10-19-15)22-16(24)20-11-14(23)21-12-7-5-4-6-8-12/h9-10,12H,4-8,11H2,1-3H3,(H,21,23)(H2,20,22,24). The Hall–Kier alpha value is -2.18. The van der Waals surface area contributed by atoms with Gasteiger partial charge in [-0.2, -0.15) is 0 Å². The molecule has 24 heavy (non-hydrogen) atoms. The third-order valence-electron chi connectivity index (χ3n) is 3.96. The molecule has 0 saturated heterocycles. The first-order valence-corrected chi connectivity index (χ1v) is 8.51. The molecule has 0 atom stereocenters. The Kier molecular flexibility index (Phi) is 6.11. The number of nitrogens with one attached hydrogen (secondary N) is 3. The normalized spacial score (nSPS) is 15.6. The van der Waals surface area contributed by atoms with Crippen LogP contribution in [0.5, 0.6) is 0 Å². The van der Waals surface area contributed by atoms with Crippen LogP contribution in [-0.4, -0.2) is 34.5 Å². The number of urea groups is 1. The minimum Gasteiger partial charge on any atom is -0.352 e. The van der Waals surface area contributed by atoms with E-state index in [1.54, 1.807) is 12.4 Å². The average molecular weight is 333 g/mol. The maximum absolute atomic E-state index is 11.8. The first kappa shape index (κ1) is 18.2. The number of hydrogen-bond acceptors (Lipinski definition) is 4. The summed E-state index contributed by atoms with van der Waals surface area (Å²) in [6.45, 7) is 6.02. The Balaban J connectivity index is 1.73. The molecule has 0 radical (unpaired) electrons. The molecule has 0 spiro atoms. The van der Waals surface area contributed by atoms with Gasteiger partial charge in [-0.3, -0.25) is 4.79 Å². The van der Waals surface area contributed by atoms with Crippen molar-refractivity contribution in [3.05, 3.63) is 18.2 Å². The Morgan fingerprint density at radius 3 is 2.33 bits per heavy atom. The number of aromatic nitrogens is 2. The number of hydrogen-bond donors (Lipinski definition) is 3. The van der Waals surface area contributed by atoms with Gasteiger partial charge in [0.25, 0.3) is 0 Å². The first-order chi connectivity index (χ1) is 11.3. The zero-order valence-electron chi connectivity index (χ0n) is 14.7. The maximum Gasteiger partial charge on any atom is 0.319 e. The summed E-state index contributed by atoms with van der Waals surface area (Å²) in [6.07, 6.45) is 8.73. The summed E-state index contributed by atoms with van der Waals surface area (Å²) in [6, 6.07) is -0.199. The third-order valence-corrected chi connectivity index (χ3v) is 3.96. The zero-order chi connectivity index (χ0) is 17.6. The van der Waals surface area contributed by atoms with Crippen LogP contribution in [0.4, 0.5) is 10.5 Å². The molecule has 7 heteroatoms. The zero-order valence-corrected chi connectivity index (χ0v) is 14.7. The summed E-state index contributed by atoms with van der Waals surface area (Å²) >= 11 is 0. The van der Waals surface area contributed by atoms with Crippen molar-refractivity contribution in [2.24, 2.45) is 0 Å². The molecule has 1 fully saturated rings. The Bertz CT molecular complexity index is 559. The first-order valence-electron chi connectivity index (χ1n) is 8.51. The summed E-state index contributed by atoms with van der Waals surface area (Å²) in [5.74, 6) is 0.552. The molecule has 1 aromatic heterocycles. The molecule has 2 rings (SSSR count). The summed E-state index contributed by atoms with van der Waals surface area (Å²) < 4.78 is 0. The van der Waals surface area contributed by atoms with E-state index >= 15 is 0 Å². The molecule has 7 nitrogen and oxygen atoms in total. The molecule has 1 aliphatic rings. The lowest BCUT2D eigenvalue weighted by atomic mass is 9.95. The molecule has 1 saturated carbocycles. The molecule has 1 heterocycles. The Morgan fingerprint density at radius 2 is 1.75 bits per heavy atom. The Labute approximate surface area is 143 Å². The molecule has 0 bridgehead atoms. The van der Waals surface area contributed by atoms with Crippen molar-refractivity contribution in [1.29, 1.82) is 0 Å². The molecular formula is C17H27N5O2. The fourth-order valence-electron chi connectivity index (χ4n) is 2.64. The average Bonchev–Trinajstić information content (AvgIpc) is 2.53. The highest BCUT2D eigenvalue weighted by Gasteiger charge is 2.17. The Morgan fingerprint density at radius 1 is 1.12 bits per heavy atom. The number of carbonyl (C=O) groups excluding carboxylic acids is 2. The molecule has 1 aliphatic carbocycles.